The molecule has 5 heteroatoms. The predicted octanol–water partition coefficient (Wildman–Crippen LogP) is 7.02. The standard InChI is InChI=1S/C34H52N2O3/c1-8-17-36-19-22-18-30(4)25(31(5,20-37)28(22)35-36)12-13-33(7)26(30)10-9-24-27-23(21(2)3)11-14-34(27,29(38)39)16-15-32(24,33)6/h19,23-27,37H,2,8-18,20H2,1,3-7H3,(H,38,39)/t23-,24+,25+,26+,27+,30-,31-,32+,33+,34-/m0/s1. The van der Waals surface area contributed by atoms with Gasteiger partial charge in [0, 0.05) is 18.2 Å². The van der Waals surface area contributed by atoms with E-state index >= 15 is 0 Å². The third kappa shape index (κ3) is 3.29. The van der Waals surface area contributed by atoms with Gasteiger partial charge in [-0.3, -0.25) is 9.48 Å². The molecule has 1 aromatic rings. The third-order valence-corrected chi connectivity index (χ3v) is 14.3. The van der Waals surface area contributed by atoms with E-state index < -0.39 is 11.4 Å². The summed E-state index contributed by atoms with van der Waals surface area (Å²) < 4.78 is 2.13. The Kier molecular flexibility index (Phi) is 6.14. The maximum absolute atomic E-state index is 12.9. The van der Waals surface area contributed by atoms with E-state index in [0.29, 0.717) is 23.7 Å². The zero-order valence-electron chi connectivity index (χ0n) is 25.4. The first-order valence-electron chi connectivity index (χ1n) is 15.9. The van der Waals surface area contributed by atoms with Gasteiger partial charge in [-0.1, -0.05) is 46.8 Å². The lowest BCUT2D eigenvalue weighted by Crippen LogP contribution is -2.67. The van der Waals surface area contributed by atoms with Crippen molar-refractivity contribution >= 4 is 5.97 Å². The molecule has 5 aliphatic rings. The van der Waals surface area contributed by atoms with Crippen molar-refractivity contribution in [2.45, 2.75) is 118 Å². The molecule has 0 spiro atoms. The van der Waals surface area contributed by atoms with Crippen molar-refractivity contribution in [3.05, 3.63) is 29.6 Å². The Bertz CT molecular complexity index is 1190. The molecule has 5 nitrogen and oxygen atoms in total. The number of aliphatic hydroxyl groups excluding tert-OH is 1. The Morgan fingerprint density at radius 3 is 2.44 bits per heavy atom. The van der Waals surface area contributed by atoms with E-state index in [0.717, 1.165) is 70.0 Å². The van der Waals surface area contributed by atoms with Gasteiger partial charge in [0.05, 0.1) is 17.7 Å². The van der Waals surface area contributed by atoms with Gasteiger partial charge in [0.15, 0.2) is 0 Å². The molecular formula is C34H52N2O3. The summed E-state index contributed by atoms with van der Waals surface area (Å²) in [5.74, 6) is 1.38. The average Bonchev–Trinajstić information content (AvgIpc) is 3.47. The Morgan fingerprint density at radius 1 is 1.05 bits per heavy atom. The highest BCUT2D eigenvalue weighted by Crippen LogP contribution is 2.77. The lowest BCUT2D eigenvalue weighted by molar-refractivity contribution is -0.229. The summed E-state index contributed by atoms with van der Waals surface area (Å²) in [5.41, 5.74) is 3.16. The fourth-order valence-electron chi connectivity index (χ4n) is 12.3. The zero-order valence-corrected chi connectivity index (χ0v) is 25.4. The highest BCUT2D eigenvalue weighted by atomic mass is 16.4. The second kappa shape index (κ2) is 8.69. The van der Waals surface area contributed by atoms with Crippen LogP contribution in [0.25, 0.3) is 0 Å². The monoisotopic (exact) mass is 536 g/mol. The molecule has 0 amide bonds. The summed E-state index contributed by atoms with van der Waals surface area (Å²) in [6.07, 6.45) is 12.6. The van der Waals surface area contributed by atoms with Crippen LogP contribution < -0.4 is 0 Å². The Morgan fingerprint density at radius 2 is 1.79 bits per heavy atom. The van der Waals surface area contributed by atoms with Crippen molar-refractivity contribution in [3.63, 3.8) is 0 Å². The molecular weight excluding hydrogens is 484 g/mol. The number of nitrogens with zero attached hydrogens (tertiary/aromatic N) is 2. The van der Waals surface area contributed by atoms with E-state index in [-0.39, 0.29) is 34.2 Å². The van der Waals surface area contributed by atoms with Crippen LogP contribution in [-0.2, 0) is 23.2 Å². The number of carboxylic acids is 1. The Hall–Kier alpha value is -1.62. The van der Waals surface area contributed by atoms with E-state index in [1.807, 2.05) is 0 Å². The van der Waals surface area contributed by atoms with Crippen LogP contribution in [0.4, 0.5) is 0 Å². The maximum Gasteiger partial charge on any atom is 0.309 e. The summed E-state index contributed by atoms with van der Waals surface area (Å²) in [4.78, 5) is 12.9. The predicted molar refractivity (Wildman–Crippen MR) is 154 cm³/mol. The Labute approximate surface area is 235 Å². The maximum atomic E-state index is 12.9. The SMILES string of the molecule is C=C(C)[C@@H]1CC[C@]2(C(=O)O)CC[C@]3(C)[C@H](CC[C@@H]4[C@@]5(C)Cc6cn(CCC)nc6[C@@](C)(CO)[C@@H]5CC[C@]43C)[C@@H]12. The van der Waals surface area contributed by atoms with Crippen molar-refractivity contribution in [2.24, 2.45) is 51.2 Å². The summed E-state index contributed by atoms with van der Waals surface area (Å²) >= 11 is 0. The molecule has 4 fully saturated rings. The fraction of sp³-hybridized carbons (Fsp3) is 0.824. The molecule has 0 saturated heterocycles. The van der Waals surface area contributed by atoms with Crippen LogP contribution in [0.5, 0.6) is 0 Å². The molecule has 0 unspecified atom stereocenters. The molecule has 0 aromatic carbocycles. The quantitative estimate of drug-likeness (QED) is 0.397. The number of carboxylic acid groups (broad SMARTS) is 1. The van der Waals surface area contributed by atoms with Gasteiger partial charge >= 0.3 is 5.97 Å². The van der Waals surface area contributed by atoms with Gasteiger partial charge in [-0.25, -0.2) is 0 Å². The lowest BCUT2D eigenvalue weighted by Gasteiger charge is -2.72. The summed E-state index contributed by atoms with van der Waals surface area (Å²) in [7, 11) is 0. The zero-order chi connectivity index (χ0) is 28.2. The number of carbonyl (C=O) groups is 1. The van der Waals surface area contributed by atoms with Crippen LogP contribution in [0.1, 0.15) is 111 Å². The van der Waals surface area contributed by atoms with E-state index in [9.17, 15) is 15.0 Å². The largest absolute Gasteiger partial charge is 0.481 e. The van der Waals surface area contributed by atoms with E-state index in [1.165, 1.54) is 17.6 Å². The van der Waals surface area contributed by atoms with Crippen LogP contribution in [-0.4, -0.2) is 32.6 Å². The molecule has 1 heterocycles. The molecule has 0 aliphatic heterocycles. The van der Waals surface area contributed by atoms with Crippen molar-refractivity contribution in [1.82, 2.24) is 9.78 Å². The van der Waals surface area contributed by atoms with Gasteiger partial charge in [-0.15, -0.1) is 0 Å². The van der Waals surface area contributed by atoms with Crippen LogP contribution in [0.15, 0.2) is 18.3 Å². The Balaban J connectivity index is 1.42. The molecule has 0 radical (unpaired) electrons. The van der Waals surface area contributed by atoms with Crippen LogP contribution in [0.3, 0.4) is 0 Å². The van der Waals surface area contributed by atoms with Crippen molar-refractivity contribution in [2.75, 3.05) is 6.61 Å². The molecule has 2 N–H and O–H groups in total. The van der Waals surface area contributed by atoms with Crippen molar-refractivity contribution in [3.8, 4) is 0 Å². The van der Waals surface area contributed by atoms with Gasteiger partial charge in [-0.05, 0) is 123 Å². The van der Waals surface area contributed by atoms with E-state index in [4.69, 9.17) is 5.10 Å². The first-order chi connectivity index (χ1) is 18.3. The minimum absolute atomic E-state index is 0.0936. The second-order valence-electron chi connectivity index (χ2n) is 15.7. The first-order valence-corrected chi connectivity index (χ1v) is 15.9. The van der Waals surface area contributed by atoms with E-state index in [1.54, 1.807) is 0 Å². The number of hydrogen-bond donors (Lipinski definition) is 2. The van der Waals surface area contributed by atoms with Crippen LogP contribution in [0, 0.1) is 51.2 Å². The average molecular weight is 537 g/mol. The normalized spacial score (nSPS) is 48.3. The molecule has 39 heavy (non-hydrogen) atoms. The second-order valence-corrected chi connectivity index (χ2v) is 15.7. The van der Waals surface area contributed by atoms with Gasteiger partial charge in [0.1, 0.15) is 0 Å². The number of aromatic nitrogens is 2. The molecule has 6 rings (SSSR count). The van der Waals surface area contributed by atoms with Crippen LogP contribution >= 0.6 is 0 Å². The highest BCUT2D eigenvalue weighted by molar-refractivity contribution is 5.76. The minimum atomic E-state index is -0.568. The number of aliphatic hydroxyl groups is 1. The van der Waals surface area contributed by atoms with Crippen molar-refractivity contribution in [1.29, 1.82) is 0 Å². The van der Waals surface area contributed by atoms with Gasteiger partial charge in [0.25, 0.3) is 0 Å². The molecule has 4 saturated carbocycles. The summed E-state index contributed by atoms with van der Waals surface area (Å²) in [6, 6.07) is 0. The summed E-state index contributed by atoms with van der Waals surface area (Å²) in [6.45, 7) is 19.8. The molecule has 0 bridgehead atoms. The number of aliphatic carboxylic acids is 1. The molecule has 5 aliphatic carbocycles. The first kappa shape index (κ1) is 27.5. The number of rotatable bonds is 5. The molecule has 10 atom stereocenters. The van der Waals surface area contributed by atoms with Gasteiger partial charge in [-0.2, -0.15) is 5.10 Å². The summed E-state index contributed by atoms with van der Waals surface area (Å²) in [5, 5.41) is 26.6. The smallest absolute Gasteiger partial charge is 0.309 e. The third-order valence-electron chi connectivity index (χ3n) is 14.3. The number of allylic oxidation sites excluding steroid dienone is 1. The topological polar surface area (TPSA) is 75.3 Å². The minimum Gasteiger partial charge on any atom is -0.481 e. The number of fused-ring (bicyclic) bond motifs is 8. The molecule has 1 aromatic heterocycles. The fourth-order valence-corrected chi connectivity index (χ4v) is 12.3. The van der Waals surface area contributed by atoms with E-state index in [2.05, 4.69) is 59.0 Å². The van der Waals surface area contributed by atoms with Gasteiger partial charge < -0.3 is 10.2 Å². The number of aryl methyl sites for hydroxylation is 1. The van der Waals surface area contributed by atoms with Crippen LogP contribution in [0.2, 0.25) is 0 Å². The van der Waals surface area contributed by atoms with Gasteiger partial charge in [0.2, 0.25) is 0 Å². The number of hydrogen-bond acceptors (Lipinski definition) is 3. The van der Waals surface area contributed by atoms with Crippen molar-refractivity contribution < 1.29 is 15.0 Å². The lowest BCUT2D eigenvalue weighted by atomic mass is 9.32. The highest BCUT2D eigenvalue weighted by Gasteiger charge is 2.72. The molecule has 216 valence electrons.